The van der Waals surface area contributed by atoms with Crippen LogP contribution in [0, 0.1) is 0 Å². The summed E-state index contributed by atoms with van der Waals surface area (Å²) in [4.78, 5) is 23.1. The summed E-state index contributed by atoms with van der Waals surface area (Å²) in [5.41, 5.74) is -1.25. The third-order valence-electron chi connectivity index (χ3n) is 6.07. The van der Waals surface area contributed by atoms with Crippen molar-refractivity contribution in [1.82, 2.24) is 0 Å². The summed E-state index contributed by atoms with van der Waals surface area (Å²) in [6, 6.07) is 0. The third-order valence-corrected chi connectivity index (χ3v) is 6.07. The topological polar surface area (TPSA) is 74.6 Å². The third kappa shape index (κ3) is 11.0. The summed E-state index contributed by atoms with van der Waals surface area (Å²) in [7, 11) is 5.34. The molecule has 28 heavy (non-hydrogen) atoms. The van der Waals surface area contributed by atoms with E-state index in [9.17, 15) is 19.8 Å². The minimum Gasteiger partial charge on any atom is -0.481 e. The lowest BCUT2D eigenvalue weighted by atomic mass is 9.85. The van der Waals surface area contributed by atoms with Crippen LogP contribution in [-0.4, -0.2) is 53.3 Å². The molecule has 0 spiro atoms. The molecule has 166 valence electrons. The molecule has 0 saturated heterocycles. The summed E-state index contributed by atoms with van der Waals surface area (Å²) in [5.74, 6) is -2.04. The Morgan fingerprint density at radius 3 is 1.32 bits per heavy atom. The quantitative estimate of drug-likeness (QED) is 0.210. The van der Waals surface area contributed by atoms with Gasteiger partial charge in [0.05, 0.1) is 21.1 Å². The van der Waals surface area contributed by atoms with Crippen molar-refractivity contribution in [2.75, 3.05) is 21.1 Å². The second-order valence-corrected chi connectivity index (χ2v) is 9.27. The average molecular weight is 401 g/mol. The Balaban J connectivity index is 3.89. The van der Waals surface area contributed by atoms with E-state index in [1.807, 2.05) is 0 Å². The molecule has 0 aliphatic rings. The largest absolute Gasteiger partial charge is 0.481 e. The van der Waals surface area contributed by atoms with Crippen molar-refractivity contribution in [2.45, 2.75) is 115 Å². The normalized spacial score (nSPS) is 14.0. The smallest absolute Gasteiger partial charge is 0.366 e. The molecule has 0 aromatic carbocycles. The van der Waals surface area contributed by atoms with Gasteiger partial charge in [-0.05, 0) is 6.42 Å². The molecule has 0 bridgehead atoms. The molecule has 0 heterocycles. The monoisotopic (exact) mass is 400 g/mol. The summed E-state index contributed by atoms with van der Waals surface area (Å²) in [5, 5.41) is 18.9. The zero-order valence-electron chi connectivity index (χ0n) is 19.0. The van der Waals surface area contributed by atoms with Crippen LogP contribution in [0.15, 0.2) is 0 Å². The van der Waals surface area contributed by atoms with Crippen molar-refractivity contribution in [2.24, 2.45) is 0 Å². The predicted octanol–water partition coefficient (Wildman–Crippen LogP) is 5.86. The second-order valence-electron chi connectivity index (χ2n) is 9.27. The molecular weight excluding hydrogens is 354 g/mol. The molecule has 1 atom stereocenters. The summed E-state index contributed by atoms with van der Waals surface area (Å²) in [6.45, 7) is 2.25. The Morgan fingerprint density at radius 1 is 0.679 bits per heavy atom. The first-order valence-electron chi connectivity index (χ1n) is 11.4. The van der Waals surface area contributed by atoms with Crippen LogP contribution in [0.2, 0.25) is 0 Å². The number of aliphatic carboxylic acids is 2. The molecule has 0 aromatic rings. The number of rotatable bonds is 19. The van der Waals surface area contributed by atoms with E-state index in [1.54, 1.807) is 21.1 Å². The average Bonchev–Trinajstić information content (AvgIpc) is 2.59. The van der Waals surface area contributed by atoms with E-state index in [2.05, 4.69) is 6.92 Å². The summed E-state index contributed by atoms with van der Waals surface area (Å²) >= 11 is 0. The first kappa shape index (κ1) is 26.9. The van der Waals surface area contributed by atoms with Gasteiger partial charge in [-0.2, -0.15) is 0 Å². The number of likely N-dealkylation sites (N-methyl/N-ethyl adjacent to an activating group) is 1. The number of quaternary nitrogens is 1. The number of nitrogens with zero attached hydrogens (tertiary/aromatic N) is 1. The lowest BCUT2D eigenvalue weighted by Crippen LogP contribution is -2.62. The number of unbranched alkanes of at least 4 members (excludes halogenated alkanes) is 13. The first-order chi connectivity index (χ1) is 13.2. The van der Waals surface area contributed by atoms with Gasteiger partial charge >= 0.3 is 11.9 Å². The van der Waals surface area contributed by atoms with Crippen LogP contribution in [0.1, 0.15) is 110 Å². The zero-order chi connectivity index (χ0) is 21.5. The molecule has 0 fully saturated rings. The molecule has 0 saturated carbocycles. The SMILES string of the molecule is CCCCCCCCCCCCCCCCC(CC(=O)O)(C(=O)O)[N+](C)(C)C. The van der Waals surface area contributed by atoms with Crippen molar-refractivity contribution in [3.05, 3.63) is 0 Å². The highest BCUT2D eigenvalue weighted by Gasteiger charge is 2.51. The number of carbonyl (C=O) groups is 2. The van der Waals surface area contributed by atoms with E-state index in [1.165, 1.54) is 70.6 Å². The van der Waals surface area contributed by atoms with Gasteiger partial charge in [-0.3, -0.25) is 4.79 Å². The van der Waals surface area contributed by atoms with Crippen LogP contribution >= 0.6 is 0 Å². The highest BCUT2D eigenvalue weighted by molar-refractivity contribution is 5.83. The van der Waals surface area contributed by atoms with Gasteiger partial charge in [0.25, 0.3) is 0 Å². The zero-order valence-corrected chi connectivity index (χ0v) is 19.0. The standard InChI is InChI=1S/C23H45NO4/c1-5-6-7-8-9-10-11-12-13-14-15-16-17-18-19-23(22(27)28,20-21(25)26)24(2,3)4/h5-20H2,1-4H3,(H-,25,26,27,28)/p+1. The number of hydrogen-bond acceptors (Lipinski definition) is 2. The number of carboxylic acids is 2. The van der Waals surface area contributed by atoms with Gasteiger partial charge in [-0.1, -0.05) is 90.4 Å². The van der Waals surface area contributed by atoms with Gasteiger partial charge in [0, 0.05) is 6.42 Å². The molecule has 1 unspecified atom stereocenters. The van der Waals surface area contributed by atoms with Crippen LogP contribution < -0.4 is 0 Å². The van der Waals surface area contributed by atoms with Crippen LogP contribution in [0.5, 0.6) is 0 Å². The molecule has 0 amide bonds. The maximum Gasteiger partial charge on any atom is 0.366 e. The molecule has 0 aliphatic carbocycles. The van der Waals surface area contributed by atoms with Crippen LogP contribution in [0.3, 0.4) is 0 Å². The molecule has 5 heteroatoms. The van der Waals surface area contributed by atoms with Gasteiger partial charge in [0.15, 0.2) is 0 Å². The molecule has 5 nitrogen and oxygen atoms in total. The Labute approximate surface area is 173 Å². The Kier molecular flexibility index (Phi) is 14.3. The van der Waals surface area contributed by atoms with E-state index in [0.717, 1.165) is 19.3 Å². The van der Waals surface area contributed by atoms with Crippen LogP contribution in [0.25, 0.3) is 0 Å². The molecule has 0 aromatic heterocycles. The lowest BCUT2D eigenvalue weighted by molar-refractivity contribution is -0.914. The number of carboxylic acid groups (broad SMARTS) is 2. The van der Waals surface area contributed by atoms with E-state index in [4.69, 9.17) is 0 Å². The van der Waals surface area contributed by atoms with E-state index >= 15 is 0 Å². The van der Waals surface area contributed by atoms with Crippen molar-refractivity contribution < 1.29 is 24.3 Å². The summed E-state index contributed by atoms with van der Waals surface area (Å²) in [6.07, 6.45) is 17.6. The number of hydrogen-bond donors (Lipinski definition) is 2. The van der Waals surface area contributed by atoms with Crippen molar-refractivity contribution in [1.29, 1.82) is 0 Å². The highest BCUT2D eigenvalue weighted by atomic mass is 16.4. The minimum atomic E-state index is -1.25. The van der Waals surface area contributed by atoms with Crippen LogP contribution in [-0.2, 0) is 9.59 Å². The van der Waals surface area contributed by atoms with E-state index in [-0.39, 0.29) is 10.9 Å². The molecular formula is C23H46NO4+. The molecule has 0 aliphatic heterocycles. The van der Waals surface area contributed by atoms with Crippen LogP contribution in [0.4, 0.5) is 0 Å². The predicted molar refractivity (Wildman–Crippen MR) is 116 cm³/mol. The van der Waals surface area contributed by atoms with Gasteiger partial charge in [0.1, 0.15) is 6.42 Å². The van der Waals surface area contributed by atoms with Gasteiger partial charge < -0.3 is 14.7 Å². The lowest BCUT2D eigenvalue weighted by Gasteiger charge is -2.42. The van der Waals surface area contributed by atoms with Gasteiger partial charge in [-0.15, -0.1) is 0 Å². The summed E-state index contributed by atoms with van der Waals surface area (Å²) < 4.78 is 0.132. The van der Waals surface area contributed by atoms with E-state index in [0.29, 0.717) is 6.42 Å². The Hall–Kier alpha value is -1.10. The maximum absolute atomic E-state index is 11.9. The fourth-order valence-electron chi connectivity index (χ4n) is 3.99. The van der Waals surface area contributed by atoms with Crippen molar-refractivity contribution in [3.63, 3.8) is 0 Å². The fraction of sp³-hybridized carbons (Fsp3) is 0.913. The van der Waals surface area contributed by atoms with E-state index < -0.39 is 17.5 Å². The van der Waals surface area contributed by atoms with Gasteiger partial charge in [-0.25, -0.2) is 4.79 Å². The van der Waals surface area contributed by atoms with Crippen molar-refractivity contribution >= 4 is 11.9 Å². The molecule has 2 N–H and O–H groups in total. The highest BCUT2D eigenvalue weighted by Crippen LogP contribution is 2.30. The minimum absolute atomic E-state index is 0.132. The first-order valence-corrected chi connectivity index (χ1v) is 11.4. The fourth-order valence-corrected chi connectivity index (χ4v) is 3.99. The Bertz CT molecular complexity index is 431. The second kappa shape index (κ2) is 14.8. The Morgan fingerprint density at radius 2 is 1.04 bits per heavy atom. The van der Waals surface area contributed by atoms with Gasteiger partial charge in [0.2, 0.25) is 5.54 Å². The molecule has 0 rings (SSSR count). The molecule has 0 radical (unpaired) electrons. The van der Waals surface area contributed by atoms with Crippen molar-refractivity contribution in [3.8, 4) is 0 Å². The maximum atomic E-state index is 11.9.